The summed E-state index contributed by atoms with van der Waals surface area (Å²) in [5, 5.41) is 24.1. The summed E-state index contributed by atoms with van der Waals surface area (Å²) >= 11 is 0. The normalized spacial score (nSPS) is 18.6. The molecule has 3 aromatic carbocycles. The van der Waals surface area contributed by atoms with Crippen molar-refractivity contribution in [2.45, 2.75) is 96.0 Å². The lowest BCUT2D eigenvalue weighted by Gasteiger charge is -2.25. The molecule has 0 amide bonds. The van der Waals surface area contributed by atoms with Crippen molar-refractivity contribution in [1.29, 1.82) is 0 Å². The Bertz CT molecular complexity index is 1820. The fourth-order valence-electron chi connectivity index (χ4n) is 6.44. The maximum atomic E-state index is 12.8. The van der Waals surface area contributed by atoms with Gasteiger partial charge in [0.25, 0.3) is 11.4 Å². The summed E-state index contributed by atoms with van der Waals surface area (Å²) in [5.74, 6) is -1.16. The molecule has 0 bridgehead atoms. The summed E-state index contributed by atoms with van der Waals surface area (Å²) in [5.41, 5.74) is 0.593. The van der Waals surface area contributed by atoms with Crippen LogP contribution in [0.3, 0.4) is 0 Å². The maximum Gasteiger partial charge on any atom is 0.423 e. The Balaban J connectivity index is 0.000000785. The molecule has 0 aromatic heterocycles. The third-order valence-corrected chi connectivity index (χ3v) is 9.36. The van der Waals surface area contributed by atoms with Crippen molar-refractivity contribution in [2.75, 3.05) is 35.2 Å². The Morgan fingerprint density at radius 3 is 1.37 bits per heavy atom. The van der Waals surface area contributed by atoms with E-state index in [1.807, 2.05) is 23.6 Å². The third kappa shape index (κ3) is 15.9. The lowest BCUT2D eigenvalue weighted by Crippen LogP contribution is -2.26. The van der Waals surface area contributed by atoms with Gasteiger partial charge in [0.2, 0.25) is 0 Å². The van der Waals surface area contributed by atoms with Crippen molar-refractivity contribution in [2.24, 2.45) is 0 Å². The minimum absolute atomic E-state index is 0. The van der Waals surface area contributed by atoms with E-state index in [9.17, 15) is 64.1 Å². The van der Waals surface area contributed by atoms with Crippen LogP contribution in [-0.4, -0.2) is 47.6 Å². The number of alkyl halides is 9. The molecule has 334 valence electrons. The van der Waals surface area contributed by atoms with Gasteiger partial charge in [-0.3, -0.25) is 20.2 Å². The highest BCUT2D eigenvalue weighted by Crippen LogP contribution is 2.40. The zero-order valence-corrected chi connectivity index (χ0v) is 35.1. The lowest BCUT2D eigenvalue weighted by atomic mass is 10.1. The van der Waals surface area contributed by atoms with E-state index in [1.165, 1.54) is 31.5 Å². The maximum absolute atomic E-state index is 12.8. The van der Waals surface area contributed by atoms with Crippen LogP contribution in [0.5, 0.6) is 0 Å². The number of nitro benzene ring substituents is 2. The number of anilines is 3. The summed E-state index contributed by atoms with van der Waals surface area (Å²) in [7, 11) is 0. The molecule has 0 spiro atoms. The highest BCUT2D eigenvalue weighted by atomic mass is 32.1. The first-order valence-corrected chi connectivity index (χ1v) is 17.5. The van der Waals surface area contributed by atoms with E-state index in [4.69, 9.17) is 5.73 Å². The predicted octanol–water partition coefficient (Wildman–Crippen LogP) is 10.7. The minimum atomic E-state index is -4.93. The molecule has 3 saturated heterocycles. The molecule has 0 radical (unpaired) electrons. The molecule has 3 aromatic rings. The fraction of sp³-hybridized carbons (Fsp3) is 0.500. The summed E-state index contributed by atoms with van der Waals surface area (Å²) in [6.07, 6.45) is -7.41. The average molecular weight is 915 g/mol. The van der Waals surface area contributed by atoms with E-state index < -0.39 is 62.3 Å². The topological polar surface area (TPSA) is 131 Å². The van der Waals surface area contributed by atoms with Crippen molar-refractivity contribution in [3.05, 3.63) is 97.3 Å². The second-order valence-electron chi connectivity index (χ2n) is 13.5. The molecule has 10 nitrogen and oxygen atoms in total. The number of hydrogen-bond acceptors (Lipinski definition) is 8. The van der Waals surface area contributed by atoms with Gasteiger partial charge in [-0.05, 0) is 108 Å². The van der Waals surface area contributed by atoms with Crippen LogP contribution in [0.25, 0.3) is 0 Å². The van der Waals surface area contributed by atoms with E-state index in [1.54, 1.807) is 6.07 Å². The van der Waals surface area contributed by atoms with Crippen LogP contribution in [0.1, 0.15) is 76.0 Å². The first-order chi connectivity index (χ1) is 25.9. The van der Waals surface area contributed by atoms with Gasteiger partial charge in [-0.2, -0.15) is 80.0 Å². The van der Waals surface area contributed by atoms with Crippen LogP contribution < -0.4 is 20.9 Å². The largest absolute Gasteiger partial charge is 0.423 e. The number of nitrogens with zero attached hydrogens (tertiary/aromatic N) is 4. The number of nitrogens with two attached hydrogens (primary N) is 1. The van der Waals surface area contributed by atoms with Gasteiger partial charge in [-0.1, -0.05) is 0 Å². The van der Waals surface area contributed by atoms with Crippen molar-refractivity contribution in [3.8, 4) is 0 Å². The number of nitrogens with one attached hydrogen (secondary N) is 1. The van der Waals surface area contributed by atoms with E-state index in [0.717, 1.165) is 56.5 Å². The Morgan fingerprint density at radius 1 is 0.627 bits per heavy atom. The predicted molar refractivity (Wildman–Crippen MR) is 222 cm³/mol. The van der Waals surface area contributed by atoms with Crippen LogP contribution >= 0.6 is 40.5 Å². The molecule has 6 rings (SSSR count). The van der Waals surface area contributed by atoms with Crippen LogP contribution in [0.2, 0.25) is 0 Å². The fourth-order valence-corrected chi connectivity index (χ4v) is 6.44. The number of benzene rings is 3. The number of nitro groups is 2. The van der Waals surface area contributed by atoms with Gasteiger partial charge in [0, 0.05) is 60.4 Å². The smallest absolute Gasteiger partial charge is 0.398 e. The molecule has 3 aliphatic heterocycles. The standard InChI is InChI=1S/C12H13F3N2O2.C12H15F3N2.C7H3F4NO2.C5H11N.3H2S/c1-8-3-2-6-16(8)9-4-5-11(17(18)19)10(7-9)12(13,14)15;1-8-3-2-6-17(8)9-4-5-11(16)10(7-9)12(13,14)15;8-4-1-2-6(12(13)14)5(3-4)7(9,10)11;1-5-3-2-4-6-5;;;/h4-5,7-8H,2-3,6H2,1H3;4-5,7-8H,2-3,6,16H2,1H3;1-3H;5-6H,2-4H2,1H3;3*1H2/t2*8-;;5-;;;/m00.0.../s1. The van der Waals surface area contributed by atoms with Crippen molar-refractivity contribution >= 4 is 68.9 Å². The van der Waals surface area contributed by atoms with Crippen molar-refractivity contribution in [3.63, 3.8) is 0 Å². The van der Waals surface area contributed by atoms with Crippen LogP contribution in [0.4, 0.5) is 72.3 Å². The molecule has 3 atom stereocenters. The molecular weight excluding hydrogens is 867 g/mol. The summed E-state index contributed by atoms with van der Waals surface area (Å²) < 4.78 is 125. The Morgan fingerprint density at radius 2 is 1.03 bits per heavy atom. The molecule has 0 aliphatic carbocycles. The molecule has 59 heavy (non-hydrogen) atoms. The van der Waals surface area contributed by atoms with Gasteiger partial charge in [0.15, 0.2) is 0 Å². The van der Waals surface area contributed by atoms with E-state index in [0.29, 0.717) is 36.1 Å². The molecule has 0 saturated carbocycles. The van der Waals surface area contributed by atoms with Gasteiger partial charge in [-0.15, -0.1) is 0 Å². The number of rotatable bonds is 4. The third-order valence-electron chi connectivity index (χ3n) is 9.36. The second kappa shape index (κ2) is 23.2. The SMILES string of the molecule is C[C@H]1CCCN1.C[C@H]1CCCN1c1ccc(N)c(C(F)(F)F)c1.C[C@H]1CCCN1c1ccc([N+](=O)[O-])c(C(F)(F)F)c1.O=[N+]([O-])c1ccc(F)cc1C(F)(F)F.S.S.S. The van der Waals surface area contributed by atoms with E-state index in [-0.39, 0.29) is 58.3 Å². The van der Waals surface area contributed by atoms with Crippen molar-refractivity contribution < 1.29 is 53.8 Å². The van der Waals surface area contributed by atoms with Crippen molar-refractivity contribution in [1.82, 2.24) is 5.32 Å². The van der Waals surface area contributed by atoms with Gasteiger partial charge < -0.3 is 20.9 Å². The molecule has 3 fully saturated rings. The Kier molecular flexibility index (Phi) is 21.7. The molecule has 23 heteroatoms. The van der Waals surface area contributed by atoms with Crippen LogP contribution in [0.15, 0.2) is 54.6 Å². The molecule has 3 aliphatic rings. The Hall–Kier alpha value is -3.83. The average Bonchev–Trinajstić information content (AvgIpc) is 3.87. The molecular formula is C36H48F10N6O4S3. The summed E-state index contributed by atoms with van der Waals surface area (Å²) in [6.45, 7) is 8.91. The van der Waals surface area contributed by atoms with Gasteiger partial charge >= 0.3 is 18.5 Å². The molecule has 3 N–H and O–H groups in total. The quantitative estimate of drug-likeness (QED) is 0.115. The first-order valence-electron chi connectivity index (χ1n) is 17.5. The molecule has 0 unspecified atom stereocenters. The monoisotopic (exact) mass is 914 g/mol. The summed E-state index contributed by atoms with van der Waals surface area (Å²) in [6, 6.07) is 9.77. The van der Waals surface area contributed by atoms with E-state index >= 15 is 0 Å². The summed E-state index contributed by atoms with van der Waals surface area (Å²) in [4.78, 5) is 22.5. The van der Waals surface area contributed by atoms with Crippen LogP contribution in [0, 0.1) is 26.0 Å². The number of hydrogen-bond donors (Lipinski definition) is 2. The van der Waals surface area contributed by atoms with Gasteiger partial charge in [0.05, 0.1) is 15.4 Å². The van der Waals surface area contributed by atoms with E-state index in [2.05, 4.69) is 12.2 Å². The number of nitrogen functional groups attached to an aromatic ring is 1. The van der Waals surface area contributed by atoms with Crippen LogP contribution in [-0.2, 0) is 18.5 Å². The first kappa shape index (κ1) is 55.2. The second-order valence-corrected chi connectivity index (χ2v) is 13.5. The highest BCUT2D eigenvalue weighted by Gasteiger charge is 2.40. The zero-order valence-electron chi connectivity index (χ0n) is 32.1. The van der Waals surface area contributed by atoms with Gasteiger partial charge in [0.1, 0.15) is 16.9 Å². The minimum Gasteiger partial charge on any atom is -0.398 e. The molecule has 3 heterocycles. The highest BCUT2D eigenvalue weighted by molar-refractivity contribution is 7.59. The van der Waals surface area contributed by atoms with Gasteiger partial charge in [-0.25, -0.2) is 4.39 Å². The zero-order chi connectivity index (χ0) is 42.2. The number of halogens is 10. The lowest BCUT2D eigenvalue weighted by molar-refractivity contribution is -0.388. The Labute approximate surface area is 355 Å².